The Balaban J connectivity index is 2.84. The number of nitrogens with two attached hydrogens (primary N) is 1. The lowest BCUT2D eigenvalue weighted by Gasteiger charge is -2.26. The number of carbonyl (C=O) groups is 1. The first kappa shape index (κ1) is 12.0. The molecule has 0 saturated heterocycles. The minimum absolute atomic E-state index is 0.380. The second-order valence-electron chi connectivity index (χ2n) is 3.54. The Morgan fingerprint density at radius 3 is 2.73 bits per heavy atom. The molecule has 0 aliphatic rings. The van der Waals surface area contributed by atoms with E-state index in [1.54, 1.807) is 19.2 Å². The highest BCUT2D eigenvalue weighted by molar-refractivity contribution is 9.10. The van der Waals surface area contributed by atoms with E-state index in [2.05, 4.69) is 26.2 Å². The lowest BCUT2D eigenvalue weighted by Crippen LogP contribution is -2.47. The van der Waals surface area contributed by atoms with Crippen LogP contribution in [-0.2, 0) is 4.79 Å². The Kier molecular flexibility index (Phi) is 3.68. The first-order valence-electron chi connectivity index (χ1n) is 4.67. The van der Waals surface area contributed by atoms with E-state index in [0.29, 0.717) is 12.2 Å². The summed E-state index contributed by atoms with van der Waals surface area (Å²) in [7, 11) is 0. The summed E-state index contributed by atoms with van der Waals surface area (Å²) in [5.74, 6) is 0.260. The number of hydrogen-bond acceptors (Lipinski definition) is 3. The monoisotopic (exact) mass is 271 g/mol. The number of rotatable bonds is 4. The van der Waals surface area contributed by atoms with Gasteiger partial charge in [-0.25, -0.2) is 4.98 Å². The summed E-state index contributed by atoms with van der Waals surface area (Å²) in [4.78, 5) is 15.4. The van der Waals surface area contributed by atoms with Crippen LogP contribution in [-0.4, -0.2) is 16.4 Å². The van der Waals surface area contributed by atoms with Crippen molar-refractivity contribution in [3.05, 3.63) is 22.8 Å². The van der Waals surface area contributed by atoms with E-state index in [9.17, 15) is 4.79 Å². The Labute approximate surface area is 97.4 Å². The van der Waals surface area contributed by atoms with Crippen molar-refractivity contribution in [3.8, 4) is 0 Å². The lowest BCUT2D eigenvalue weighted by atomic mass is 9.98. The molecular weight excluding hydrogens is 258 g/mol. The van der Waals surface area contributed by atoms with Gasteiger partial charge in [-0.05, 0) is 41.4 Å². The van der Waals surface area contributed by atoms with Gasteiger partial charge in [-0.15, -0.1) is 0 Å². The van der Waals surface area contributed by atoms with Crippen molar-refractivity contribution in [2.45, 2.75) is 25.8 Å². The highest BCUT2D eigenvalue weighted by atomic mass is 79.9. The van der Waals surface area contributed by atoms with Gasteiger partial charge in [0.05, 0.1) is 0 Å². The average Bonchev–Trinajstić information content (AvgIpc) is 2.21. The summed E-state index contributed by atoms with van der Waals surface area (Å²) in [6.07, 6.45) is 2.28. The van der Waals surface area contributed by atoms with Crippen LogP contribution in [0.15, 0.2) is 22.8 Å². The first-order chi connectivity index (χ1) is 6.98. The zero-order chi connectivity index (χ0) is 11.5. The van der Waals surface area contributed by atoms with Gasteiger partial charge in [0.2, 0.25) is 5.91 Å². The van der Waals surface area contributed by atoms with E-state index in [0.717, 1.165) is 4.47 Å². The topological polar surface area (TPSA) is 68.0 Å². The normalized spacial score (nSPS) is 14.3. The van der Waals surface area contributed by atoms with Crippen molar-refractivity contribution in [2.24, 2.45) is 5.73 Å². The molecule has 5 heteroatoms. The Bertz CT molecular complexity index is 352. The predicted octanol–water partition coefficient (Wildman–Crippen LogP) is 1.91. The van der Waals surface area contributed by atoms with Crippen molar-refractivity contribution >= 4 is 27.7 Å². The van der Waals surface area contributed by atoms with Gasteiger partial charge in [0.25, 0.3) is 0 Å². The Hall–Kier alpha value is -1.10. The third kappa shape index (κ3) is 2.92. The summed E-state index contributed by atoms with van der Waals surface area (Å²) < 4.78 is 0.894. The van der Waals surface area contributed by atoms with E-state index in [1.165, 1.54) is 0 Å². The molecule has 0 aromatic carbocycles. The fraction of sp³-hybridized carbons (Fsp3) is 0.400. The number of pyridine rings is 1. The Morgan fingerprint density at radius 2 is 2.33 bits per heavy atom. The molecule has 1 amide bonds. The minimum Gasteiger partial charge on any atom is -0.368 e. The molecule has 0 saturated carbocycles. The maximum atomic E-state index is 11.2. The van der Waals surface area contributed by atoms with Gasteiger partial charge in [-0.3, -0.25) is 4.79 Å². The summed E-state index contributed by atoms with van der Waals surface area (Å²) in [5, 5.41) is 3.03. The molecule has 4 nitrogen and oxygen atoms in total. The van der Waals surface area contributed by atoms with Crippen LogP contribution in [0.5, 0.6) is 0 Å². The van der Waals surface area contributed by atoms with Crippen LogP contribution in [0.3, 0.4) is 0 Å². The van der Waals surface area contributed by atoms with Gasteiger partial charge >= 0.3 is 0 Å². The SMILES string of the molecule is CCC(C)(Nc1ccc(Br)cn1)C(N)=O. The molecule has 1 heterocycles. The molecule has 3 N–H and O–H groups in total. The van der Waals surface area contributed by atoms with Crippen molar-refractivity contribution < 1.29 is 4.79 Å². The second kappa shape index (κ2) is 4.61. The molecule has 1 atom stereocenters. The predicted molar refractivity (Wildman–Crippen MR) is 63.5 cm³/mol. The van der Waals surface area contributed by atoms with Crippen molar-refractivity contribution in [2.75, 3.05) is 5.32 Å². The number of amides is 1. The number of nitrogens with one attached hydrogen (secondary N) is 1. The molecule has 0 radical (unpaired) electrons. The zero-order valence-electron chi connectivity index (χ0n) is 8.75. The van der Waals surface area contributed by atoms with Crippen LogP contribution in [0.1, 0.15) is 20.3 Å². The molecule has 1 aromatic heterocycles. The fourth-order valence-corrected chi connectivity index (χ4v) is 1.29. The second-order valence-corrected chi connectivity index (χ2v) is 4.45. The third-order valence-corrected chi connectivity index (χ3v) is 2.85. The molecule has 0 fully saturated rings. The van der Waals surface area contributed by atoms with Gasteiger partial charge in [-0.1, -0.05) is 6.92 Å². The summed E-state index contributed by atoms with van der Waals surface area (Å²) in [6.45, 7) is 3.66. The van der Waals surface area contributed by atoms with Crippen LogP contribution in [0.4, 0.5) is 5.82 Å². The van der Waals surface area contributed by atoms with E-state index in [-0.39, 0.29) is 5.91 Å². The fourth-order valence-electron chi connectivity index (χ4n) is 1.06. The van der Waals surface area contributed by atoms with Gasteiger partial charge in [-0.2, -0.15) is 0 Å². The molecule has 1 rings (SSSR count). The van der Waals surface area contributed by atoms with E-state index in [1.807, 2.05) is 13.0 Å². The smallest absolute Gasteiger partial charge is 0.242 e. The third-order valence-electron chi connectivity index (χ3n) is 2.38. The van der Waals surface area contributed by atoms with Crippen LogP contribution in [0, 0.1) is 0 Å². The minimum atomic E-state index is -0.749. The number of primary amides is 1. The molecule has 0 aliphatic heterocycles. The number of halogens is 1. The number of anilines is 1. The molecule has 0 spiro atoms. The summed E-state index contributed by atoms with van der Waals surface area (Å²) >= 11 is 3.29. The summed E-state index contributed by atoms with van der Waals surface area (Å²) in [5.41, 5.74) is 4.57. The number of nitrogens with zero attached hydrogens (tertiary/aromatic N) is 1. The molecular formula is C10H14BrN3O. The molecule has 1 aromatic rings. The molecule has 82 valence electrons. The zero-order valence-corrected chi connectivity index (χ0v) is 10.3. The van der Waals surface area contributed by atoms with Crippen molar-refractivity contribution in [3.63, 3.8) is 0 Å². The van der Waals surface area contributed by atoms with Gasteiger partial charge in [0, 0.05) is 10.7 Å². The molecule has 15 heavy (non-hydrogen) atoms. The number of aromatic nitrogens is 1. The molecule has 0 aliphatic carbocycles. The van der Waals surface area contributed by atoms with Crippen LogP contribution >= 0.6 is 15.9 Å². The molecule has 1 unspecified atom stereocenters. The maximum Gasteiger partial charge on any atom is 0.242 e. The maximum absolute atomic E-state index is 11.2. The number of hydrogen-bond donors (Lipinski definition) is 2. The number of carbonyl (C=O) groups excluding carboxylic acids is 1. The van der Waals surface area contributed by atoms with Crippen LogP contribution in [0.2, 0.25) is 0 Å². The average molecular weight is 272 g/mol. The Morgan fingerprint density at radius 1 is 1.67 bits per heavy atom. The highest BCUT2D eigenvalue weighted by Gasteiger charge is 2.28. The lowest BCUT2D eigenvalue weighted by molar-refractivity contribution is -0.121. The van der Waals surface area contributed by atoms with Gasteiger partial charge in [0.15, 0.2) is 0 Å². The summed E-state index contributed by atoms with van der Waals surface area (Å²) in [6, 6.07) is 3.65. The van der Waals surface area contributed by atoms with Crippen molar-refractivity contribution in [1.29, 1.82) is 0 Å². The van der Waals surface area contributed by atoms with Crippen molar-refractivity contribution in [1.82, 2.24) is 4.98 Å². The molecule has 0 bridgehead atoms. The van der Waals surface area contributed by atoms with E-state index in [4.69, 9.17) is 5.73 Å². The first-order valence-corrected chi connectivity index (χ1v) is 5.47. The highest BCUT2D eigenvalue weighted by Crippen LogP contribution is 2.17. The standard InChI is InChI=1S/C10H14BrN3O/c1-3-10(2,9(12)15)14-8-5-4-7(11)6-13-8/h4-6H,3H2,1-2H3,(H2,12,15)(H,13,14). The van der Waals surface area contributed by atoms with Gasteiger partial charge < -0.3 is 11.1 Å². The van der Waals surface area contributed by atoms with E-state index >= 15 is 0 Å². The van der Waals surface area contributed by atoms with Crippen LogP contribution in [0.25, 0.3) is 0 Å². The van der Waals surface area contributed by atoms with E-state index < -0.39 is 5.54 Å². The van der Waals surface area contributed by atoms with Crippen LogP contribution < -0.4 is 11.1 Å². The van der Waals surface area contributed by atoms with Gasteiger partial charge in [0.1, 0.15) is 11.4 Å². The largest absolute Gasteiger partial charge is 0.368 e. The quantitative estimate of drug-likeness (QED) is 0.879.